The molecule has 1 aliphatic heterocycles. The molecule has 0 radical (unpaired) electrons. The van der Waals surface area contributed by atoms with Gasteiger partial charge in [0.1, 0.15) is 18.0 Å². The Hall–Kier alpha value is -2.24. The Labute approximate surface area is 117 Å². The number of aromatic hydroxyl groups is 1. The summed E-state index contributed by atoms with van der Waals surface area (Å²) in [7, 11) is 0. The van der Waals surface area contributed by atoms with Crippen molar-refractivity contribution in [3.8, 4) is 11.5 Å². The standard InChI is InChI=1S/C14H18N2O4/c1-3-15(4-2)13(18)8-16-11-6-5-10(17)7-12(11)20-9-14(16)19/h5-7,17H,3-4,8-9H2,1-2H3. The molecule has 0 saturated heterocycles. The van der Waals surface area contributed by atoms with Gasteiger partial charge in [0.25, 0.3) is 5.91 Å². The molecule has 0 atom stereocenters. The predicted molar refractivity (Wildman–Crippen MR) is 73.9 cm³/mol. The average Bonchev–Trinajstić information content (AvgIpc) is 2.43. The molecular weight excluding hydrogens is 260 g/mol. The van der Waals surface area contributed by atoms with Gasteiger partial charge in [0.15, 0.2) is 6.61 Å². The average molecular weight is 278 g/mol. The molecule has 1 aliphatic rings. The molecule has 108 valence electrons. The van der Waals surface area contributed by atoms with E-state index in [4.69, 9.17) is 4.74 Å². The zero-order valence-corrected chi connectivity index (χ0v) is 11.6. The number of anilines is 1. The molecule has 0 aliphatic carbocycles. The van der Waals surface area contributed by atoms with E-state index in [1.54, 1.807) is 11.0 Å². The minimum atomic E-state index is -0.260. The summed E-state index contributed by atoms with van der Waals surface area (Å²) < 4.78 is 5.27. The first-order valence-electron chi connectivity index (χ1n) is 6.60. The molecule has 1 aromatic rings. The van der Waals surface area contributed by atoms with Gasteiger partial charge >= 0.3 is 0 Å². The fourth-order valence-electron chi connectivity index (χ4n) is 2.18. The Kier molecular flexibility index (Phi) is 4.12. The van der Waals surface area contributed by atoms with Crippen molar-refractivity contribution in [2.24, 2.45) is 0 Å². The van der Waals surface area contributed by atoms with E-state index in [9.17, 15) is 14.7 Å². The van der Waals surface area contributed by atoms with Gasteiger partial charge in [0.2, 0.25) is 5.91 Å². The van der Waals surface area contributed by atoms with Crippen molar-refractivity contribution in [3.63, 3.8) is 0 Å². The van der Waals surface area contributed by atoms with Crippen LogP contribution >= 0.6 is 0 Å². The molecule has 0 saturated carbocycles. The lowest BCUT2D eigenvalue weighted by Gasteiger charge is -2.30. The Morgan fingerprint density at radius 1 is 1.40 bits per heavy atom. The first-order valence-corrected chi connectivity index (χ1v) is 6.60. The Bertz CT molecular complexity index is 526. The maximum atomic E-state index is 12.1. The predicted octanol–water partition coefficient (Wildman–Crippen LogP) is 0.986. The third kappa shape index (κ3) is 2.68. The molecule has 1 N–H and O–H groups in total. The van der Waals surface area contributed by atoms with Gasteiger partial charge in [0.05, 0.1) is 5.69 Å². The fourth-order valence-corrected chi connectivity index (χ4v) is 2.18. The van der Waals surface area contributed by atoms with E-state index in [1.165, 1.54) is 17.0 Å². The lowest BCUT2D eigenvalue weighted by atomic mass is 10.2. The highest BCUT2D eigenvalue weighted by atomic mass is 16.5. The highest BCUT2D eigenvalue weighted by Crippen LogP contribution is 2.34. The summed E-state index contributed by atoms with van der Waals surface area (Å²) in [6.45, 7) is 4.87. The Morgan fingerprint density at radius 3 is 2.75 bits per heavy atom. The lowest BCUT2D eigenvalue weighted by Crippen LogP contribution is -2.46. The van der Waals surface area contributed by atoms with E-state index in [0.29, 0.717) is 24.5 Å². The summed E-state index contributed by atoms with van der Waals surface area (Å²) in [6.07, 6.45) is 0. The molecular formula is C14H18N2O4. The van der Waals surface area contributed by atoms with Crippen molar-refractivity contribution < 1.29 is 19.4 Å². The smallest absolute Gasteiger partial charge is 0.265 e. The van der Waals surface area contributed by atoms with Crippen LogP contribution in [0.1, 0.15) is 13.8 Å². The van der Waals surface area contributed by atoms with Gasteiger partial charge in [-0.3, -0.25) is 14.5 Å². The zero-order valence-electron chi connectivity index (χ0n) is 11.6. The van der Waals surface area contributed by atoms with Crippen molar-refractivity contribution in [1.82, 2.24) is 4.90 Å². The molecule has 0 aromatic heterocycles. The number of phenolic OH excluding ortho intramolecular Hbond substituents is 1. The van der Waals surface area contributed by atoms with Crippen LogP contribution in [0.15, 0.2) is 18.2 Å². The van der Waals surface area contributed by atoms with Crippen LogP contribution in [0.3, 0.4) is 0 Å². The molecule has 0 fully saturated rings. The van der Waals surface area contributed by atoms with E-state index in [2.05, 4.69) is 0 Å². The molecule has 6 heteroatoms. The summed E-state index contributed by atoms with van der Waals surface area (Å²) in [5.74, 6) is 0.109. The zero-order chi connectivity index (χ0) is 14.7. The second-order valence-electron chi connectivity index (χ2n) is 4.49. The number of likely N-dealkylation sites (N-methyl/N-ethyl adjacent to an activating group) is 1. The summed E-state index contributed by atoms with van der Waals surface area (Å²) in [5, 5.41) is 9.43. The molecule has 2 amide bonds. The van der Waals surface area contributed by atoms with Gasteiger partial charge in [-0.2, -0.15) is 0 Å². The number of fused-ring (bicyclic) bond motifs is 1. The summed E-state index contributed by atoms with van der Waals surface area (Å²) in [6, 6.07) is 4.49. The van der Waals surface area contributed by atoms with Crippen molar-refractivity contribution >= 4 is 17.5 Å². The molecule has 0 unspecified atom stereocenters. The largest absolute Gasteiger partial charge is 0.508 e. The minimum absolute atomic E-state index is 0.0123. The highest BCUT2D eigenvalue weighted by Gasteiger charge is 2.28. The number of rotatable bonds is 4. The second-order valence-corrected chi connectivity index (χ2v) is 4.49. The topological polar surface area (TPSA) is 70.1 Å². The van der Waals surface area contributed by atoms with Crippen molar-refractivity contribution in [3.05, 3.63) is 18.2 Å². The van der Waals surface area contributed by atoms with E-state index >= 15 is 0 Å². The fraction of sp³-hybridized carbons (Fsp3) is 0.429. The van der Waals surface area contributed by atoms with Crippen LogP contribution in [-0.2, 0) is 9.59 Å². The van der Waals surface area contributed by atoms with Crippen LogP contribution in [0.25, 0.3) is 0 Å². The van der Waals surface area contributed by atoms with Crippen LogP contribution in [0.2, 0.25) is 0 Å². The number of nitrogens with zero attached hydrogens (tertiary/aromatic N) is 2. The summed E-state index contributed by atoms with van der Waals surface area (Å²) in [4.78, 5) is 27.2. The first kappa shape index (κ1) is 14.2. The summed E-state index contributed by atoms with van der Waals surface area (Å²) >= 11 is 0. The number of amides is 2. The van der Waals surface area contributed by atoms with Crippen molar-refractivity contribution in [2.45, 2.75) is 13.8 Å². The number of benzene rings is 1. The van der Waals surface area contributed by atoms with Crippen LogP contribution < -0.4 is 9.64 Å². The third-order valence-corrected chi connectivity index (χ3v) is 3.30. The highest BCUT2D eigenvalue weighted by molar-refractivity contribution is 6.02. The molecule has 0 bridgehead atoms. The lowest BCUT2D eigenvalue weighted by molar-refractivity contribution is -0.131. The van der Waals surface area contributed by atoms with Gasteiger partial charge in [-0.05, 0) is 26.0 Å². The molecule has 2 rings (SSSR count). The van der Waals surface area contributed by atoms with Crippen molar-refractivity contribution in [1.29, 1.82) is 0 Å². The molecule has 1 aromatic carbocycles. The minimum Gasteiger partial charge on any atom is -0.508 e. The Morgan fingerprint density at radius 2 is 2.10 bits per heavy atom. The monoisotopic (exact) mass is 278 g/mol. The van der Waals surface area contributed by atoms with Crippen LogP contribution in [0, 0.1) is 0 Å². The van der Waals surface area contributed by atoms with E-state index in [1.807, 2.05) is 13.8 Å². The van der Waals surface area contributed by atoms with E-state index < -0.39 is 0 Å². The third-order valence-electron chi connectivity index (χ3n) is 3.30. The van der Waals surface area contributed by atoms with Crippen LogP contribution in [0.4, 0.5) is 5.69 Å². The normalized spacial score (nSPS) is 13.7. The van der Waals surface area contributed by atoms with E-state index in [-0.39, 0.29) is 30.7 Å². The molecule has 1 heterocycles. The maximum absolute atomic E-state index is 12.1. The quantitative estimate of drug-likeness (QED) is 0.891. The Balaban J connectivity index is 2.24. The van der Waals surface area contributed by atoms with Gasteiger partial charge in [-0.15, -0.1) is 0 Å². The number of ether oxygens (including phenoxy) is 1. The van der Waals surface area contributed by atoms with Gasteiger partial charge in [0, 0.05) is 19.2 Å². The number of carbonyl (C=O) groups excluding carboxylic acids is 2. The van der Waals surface area contributed by atoms with Crippen LogP contribution in [0.5, 0.6) is 11.5 Å². The summed E-state index contributed by atoms with van der Waals surface area (Å²) in [5.41, 5.74) is 0.513. The number of hydrogen-bond acceptors (Lipinski definition) is 4. The van der Waals surface area contributed by atoms with Gasteiger partial charge in [-0.1, -0.05) is 0 Å². The van der Waals surface area contributed by atoms with Crippen molar-refractivity contribution in [2.75, 3.05) is 31.1 Å². The van der Waals surface area contributed by atoms with Gasteiger partial charge < -0.3 is 14.7 Å². The maximum Gasteiger partial charge on any atom is 0.265 e. The number of hydrogen-bond donors (Lipinski definition) is 1. The second kappa shape index (κ2) is 5.81. The number of carbonyl (C=O) groups is 2. The molecule has 20 heavy (non-hydrogen) atoms. The SMILES string of the molecule is CCN(CC)C(=O)CN1C(=O)COc2cc(O)ccc21. The molecule has 0 spiro atoms. The van der Waals surface area contributed by atoms with E-state index in [0.717, 1.165) is 0 Å². The van der Waals surface area contributed by atoms with Crippen LogP contribution in [-0.4, -0.2) is 48.1 Å². The van der Waals surface area contributed by atoms with Gasteiger partial charge in [-0.25, -0.2) is 0 Å². The molecule has 6 nitrogen and oxygen atoms in total. The first-order chi connectivity index (χ1) is 9.56. The number of phenols is 1.